The first-order chi connectivity index (χ1) is 16.8. The summed E-state index contributed by atoms with van der Waals surface area (Å²) < 4.78 is 41.0. The molecule has 0 unspecified atom stereocenters. The van der Waals surface area contributed by atoms with Crippen molar-refractivity contribution in [1.29, 1.82) is 0 Å². The Morgan fingerprint density at radius 2 is 1.80 bits per heavy atom. The van der Waals surface area contributed by atoms with Crippen molar-refractivity contribution in [3.63, 3.8) is 0 Å². The smallest absolute Gasteiger partial charge is 0.261 e. The van der Waals surface area contributed by atoms with Gasteiger partial charge in [0.1, 0.15) is 0 Å². The van der Waals surface area contributed by atoms with Crippen LogP contribution in [0.4, 0.5) is 11.4 Å². The minimum absolute atomic E-state index is 0.0137. The van der Waals surface area contributed by atoms with Crippen LogP contribution in [0, 0.1) is 5.92 Å². The maximum absolute atomic E-state index is 13.2. The molecule has 0 aromatic heterocycles. The number of rotatable bonds is 4. The first kappa shape index (κ1) is 23.0. The van der Waals surface area contributed by atoms with Crippen molar-refractivity contribution in [2.75, 3.05) is 16.8 Å². The fourth-order valence-electron chi connectivity index (χ4n) is 4.99. The average Bonchev–Trinajstić information content (AvgIpc) is 3.49. The summed E-state index contributed by atoms with van der Waals surface area (Å²) in [5.41, 5.74) is 3.20. The van der Waals surface area contributed by atoms with Crippen molar-refractivity contribution in [3.8, 4) is 11.5 Å². The number of hydrogen-bond donors (Lipinski definition) is 2. The summed E-state index contributed by atoms with van der Waals surface area (Å²) in [6.07, 6.45) is 5.20. The van der Waals surface area contributed by atoms with Crippen LogP contribution in [0.2, 0.25) is 10.0 Å². The standard InChI is InChI=1S/C25H19BrCl2N2O4S/c26-19-11-24-23(33-12-34-24)10-18(19)25-16-3-1-2-15(16)17-9-14(5-7-21(17)29-25)35(31,32)30-22-6-4-13(27)8-20(22)28/h1-2,4-11,15-16,25,29-30H,3,12H2/t15-,16+,25-/m0/s1. The van der Waals surface area contributed by atoms with E-state index in [-0.39, 0.29) is 40.3 Å². The molecule has 0 bridgehead atoms. The van der Waals surface area contributed by atoms with E-state index in [0.29, 0.717) is 5.02 Å². The number of anilines is 2. The van der Waals surface area contributed by atoms with Gasteiger partial charge in [0.2, 0.25) is 6.79 Å². The Morgan fingerprint density at radius 1 is 1.00 bits per heavy atom. The van der Waals surface area contributed by atoms with Gasteiger partial charge in [-0.1, -0.05) is 51.3 Å². The largest absolute Gasteiger partial charge is 0.454 e. The summed E-state index contributed by atoms with van der Waals surface area (Å²) in [5.74, 6) is 1.74. The van der Waals surface area contributed by atoms with Crippen molar-refractivity contribution >= 4 is 60.5 Å². The van der Waals surface area contributed by atoms with E-state index >= 15 is 0 Å². The molecule has 0 spiro atoms. The summed E-state index contributed by atoms with van der Waals surface area (Å²) in [6.45, 7) is 0.215. The van der Waals surface area contributed by atoms with Gasteiger partial charge in [-0.05, 0) is 72.0 Å². The third-order valence-corrected chi connectivity index (χ3v) is 9.24. The van der Waals surface area contributed by atoms with Crippen molar-refractivity contribution in [3.05, 3.63) is 86.3 Å². The molecular formula is C25H19BrCl2N2O4S. The van der Waals surface area contributed by atoms with Crippen molar-refractivity contribution in [2.24, 2.45) is 5.92 Å². The molecule has 0 saturated heterocycles. The molecule has 3 aliphatic rings. The molecule has 0 fully saturated rings. The van der Waals surface area contributed by atoms with Crippen LogP contribution in [0.15, 0.2) is 70.1 Å². The summed E-state index contributed by atoms with van der Waals surface area (Å²) in [7, 11) is -3.86. The van der Waals surface area contributed by atoms with E-state index in [1.807, 2.05) is 18.2 Å². The van der Waals surface area contributed by atoms with Crippen LogP contribution in [-0.2, 0) is 10.0 Å². The highest BCUT2D eigenvalue weighted by Gasteiger charge is 2.39. The Balaban J connectivity index is 1.35. The van der Waals surface area contributed by atoms with Crippen LogP contribution in [-0.4, -0.2) is 15.2 Å². The van der Waals surface area contributed by atoms with Crippen LogP contribution in [0.25, 0.3) is 0 Å². The molecule has 180 valence electrons. The zero-order valence-corrected chi connectivity index (χ0v) is 22.0. The second-order valence-electron chi connectivity index (χ2n) is 8.68. The molecule has 6 nitrogen and oxygen atoms in total. The van der Waals surface area contributed by atoms with Crippen LogP contribution >= 0.6 is 39.1 Å². The maximum Gasteiger partial charge on any atom is 0.261 e. The van der Waals surface area contributed by atoms with E-state index in [1.165, 1.54) is 6.07 Å². The molecule has 2 N–H and O–H groups in total. The molecule has 2 aliphatic heterocycles. The molecule has 3 aromatic rings. The predicted octanol–water partition coefficient (Wildman–Crippen LogP) is 7.11. The number of sulfonamides is 1. The SMILES string of the molecule is O=S(=O)(Nc1ccc(Cl)cc1Cl)c1ccc2c(c1)[C@H]1C=CC[C@H]1[C@@H](c1cc3c(cc1Br)OCO3)N2. The Labute approximate surface area is 221 Å². The second kappa shape index (κ2) is 8.62. The summed E-state index contributed by atoms with van der Waals surface area (Å²) >= 11 is 15.8. The van der Waals surface area contributed by atoms with Crippen molar-refractivity contribution in [2.45, 2.75) is 23.3 Å². The van der Waals surface area contributed by atoms with Gasteiger partial charge in [0.25, 0.3) is 10.0 Å². The third-order valence-electron chi connectivity index (χ3n) is 6.65. The lowest BCUT2D eigenvalue weighted by molar-refractivity contribution is 0.174. The fourth-order valence-corrected chi connectivity index (χ4v) is 7.19. The average molecular weight is 594 g/mol. The van der Waals surface area contributed by atoms with Gasteiger partial charge in [0, 0.05) is 21.1 Å². The number of nitrogens with one attached hydrogen (secondary N) is 2. The van der Waals surface area contributed by atoms with E-state index in [4.69, 9.17) is 32.7 Å². The van der Waals surface area contributed by atoms with Crippen LogP contribution in [0.3, 0.4) is 0 Å². The lowest BCUT2D eigenvalue weighted by atomic mass is 9.77. The van der Waals surface area contributed by atoms with Crippen LogP contribution in [0.5, 0.6) is 11.5 Å². The molecule has 0 saturated carbocycles. The quantitative estimate of drug-likeness (QED) is 0.315. The summed E-state index contributed by atoms with van der Waals surface area (Å²) in [4.78, 5) is 0.172. The van der Waals surface area contributed by atoms with Gasteiger partial charge in [-0.25, -0.2) is 8.42 Å². The first-order valence-electron chi connectivity index (χ1n) is 10.9. The minimum Gasteiger partial charge on any atom is -0.454 e. The highest BCUT2D eigenvalue weighted by atomic mass is 79.9. The first-order valence-corrected chi connectivity index (χ1v) is 14.0. The number of ether oxygens (including phenoxy) is 2. The third kappa shape index (κ3) is 4.06. The Hall–Kier alpha value is -2.39. The lowest BCUT2D eigenvalue weighted by Crippen LogP contribution is -2.29. The highest BCUT2D eigenvalue weighted by molar-refractivity contribution is 9.10. The lowest BCUT2D eigenvalue weighted by Gasteiger charge is -2.38. The number of halogens is 3. The van der Waals surface area contributed by atoms with E-state index in [0.717, 1.165) is 39.2 Å². The van der Waals surface area contributed by atoms with Gasteiger partial charge >= 0.3 is 0 Å². The van der Waals surface area contributed by atoms with E-state index in [9.17, 15) is 8.42 Å². The number of fused-ring (bicyclic) bond motifs is 4. The molecule has 0 radical (unpaired) electrons. The van der Waals surface area contributed by atoms with Crippen LogP contribution < -0.4 is 19.5 Å². The monoisotopic (exact) mass is 592 g/mol. The molecule has 35 heavy (non-hydrogen) atoms. The molecule has 10 heteroatoms. The van der Waals surface area contributed by atoms with Gasteiger partial charge in [-0.15, -0.1) is 0 Å². The second-order valence-corrected chi connectivity index (χ2v) is 12.1. The predicted molar refractivity (Wildman–Crippen MR) is 140 cm³/mol. The van der Waals surface area contributed by atoms with Gasteiger partial charge in [0.15, 0.2) is 11.5 Å². The molecule has 2 heterocycles. The fraction of sp³-hybridized carbons (Fsp3) is 0.200. The van der Waals surface area contributed by atoms with E-state index in [2.05, 4.69) is 38.1 Å². The van der Waals surface area contributed by atoms with Gasteiger partial charge < -0.3 is 14.8 Å². The molecule has 6 rings (SSSR count). The number of allylic oxidation sites excluding steroid dienone is 2. The van der Waals surface area contributed by atoms with Crippen molar-refractivity contribution in [1.82, 2.24) is 0 Å². The Bertz CT molecular complexity index is 1500. The molecule has 1 aliphatic carbocycles. The van der Waals surface area contributed by atoms with Gasteiger partial charge in [0.05, 0.1) is 21.6 Å². The topological polar surface area (TPSA) is 76.7 Å². The summed E-state index contributed by atoms with van der Waals surface area (Å²) in [5, 5.41) is 4.31. The minimum atomic E-state index is -3.86. The molecular weight excluding hydrogens is 575 g/mol. The summed E-state index contributed by atoms with van der Waals surface area (Å²) in [6, 6.07) is 13.8. The zero-order valence-electron chi connectivity index (χ0n) is 18.1. The molecule has 0 amide bonds. The van der Waals surface area contributed by atoms with Crippen LogP contribution in [0.1, 0.15) is 29.5 Å². The molecule has 3 atom stereocenters. The van der Waals surface area contributed by atoms with E-state index in [1.54, 1.807) is 24.3 Å². The Kier molecular flexibility index (Phi) is 5.67. The molecule has 3 aromatic carbocycles. The maximum atomic E-state index is 13.2. The van der Waals surface area contributed by atoms with E-state index < -0.39 is 10.0 Å². The normalized spacial score (nSPS) is 21.9. The van der Waals surface area contributed by atoms with Crippen molar-refractivity contribution < 1.29 is 17.9 Å². The van der Waals surface area contributed by atoms with Gasteiger partial charge in [-0.2, -0.15) is 0 Å². The number of benzene rings is 3. The highest BCUT2D eigenvalue weighted by Crippen LogP contribution is 2.52. The Morgan fingerprint density at radius 3 is 2.60 bits per heavy atom. The number of hydrogen-bond acceptors (Lipinski definition) is 5. The zero-order chi connectivity index (χ0) is 24.3. The van der Waals surface area contributed by atoms with Gasteiger partial charge in [-0.3, -0.25) is 4.72 Å².